The van der Waals surface area contributed by atoms with E-state index >= 15 is 0 Å². The Kier molecular flexibility index (Phi) is 4.39. The average Bonchev–Trinajstić information content (AvgIpc) is 2.33. The predicted octanol–water partition coefficient (Wildman–Crippen LogP) is 3.29. The lowest BCUT2D eigenvalue weighted by Gasteiger charge is -2.25. The van der Waals surface area contributed by atoms with E-state index in [-0.39, 0.29) is 4.90 Å². The Balaban J connectivity index is 1.90. The van der Waals surface area contributed by atoms with Crippen molar-refractivity contribution in [2.45, 2.75) is 36.3 Å². The van der Waals surface area contributed by atoms with Gasteiger partial charge in [-0.2, -0.15) is 8.78 Å². The van der Waals surface area contributed by atoms with Gasteiger partial charge in [0, 0.05) is 12.2 Å². The molecule has 1 aromatic rings. The summed E-state index contributed by atoms with van der Waals surface area (Å²) in [5.41, 5.74) is 0.757. The first-order valence-corrected chi connectivity index (χ1v) is 7.91. The standard InChI is InChI=1S/C13H17F2NO2S/c14-13(15)19(17,18)12-6-4-11(5-7-12)16-9-8-10-2-1-3-10/h4-7,10,13,16H,1-3,8-9H2. The third kappa shape index (κ3) is 3.43. The zero-order valence-electron chi connectivity index (χ0n) is 10.5. The minimum Gasteiger partial charge on any atom is -0.385 e. The molecule has 1 aliphatic rings. The van der Waals surface area contributed by atoms with Crippen LogP contribution in [-0.2, 0) is 9.84 Å². The topological polar surface area (TPSA) is 46.2 Å². The van der Waals surface area contributed by atoms with Crippen molar-refractivity contribution >= 4 is 15.5 Å². The summed E-state index contributed by atoms with van der Waals surface area (Å²) in [6.45, 7) is 0.825. The van der Waals surface area contributed by atoms with Crippen LogP contribution in [0.1, 0.15) is 25.7 Å². The van der Waals surface area contributed by atoms with Gasteiger partial charge in [-0.05, 0) is 36.6 Å². The van der Waals surface area contributed by atoms with Gasteiger partial charge in [0.05, 0.1) is 4.90 Å². The fourth-order valence-corrected chi connectivity index (χ4v) is 2.79. The van der Waals surface area contributed by atoms with Gasteiger partial charge >= 0.3 is 5.76 Å². The third-order valence-corrected chi connectivity index (χ3v) is 4.92. The molecule has 1 aromatic carbocycles. The second kappa shape index (κ2) is 5.86. The van der Waals surface area contributed by atoms with Crippen molar-refractivity contribution in [3.63, 3.8) is 0 Å². The van der Waals surface area contributed by atoms with Crippen LogP contribution in [0.25, 0.3) is 0 Å². The van der Waals surface area contributed by atoms with E-state index in [2.05, 4.69) is 5.32 Å². The molecule has 1 aliphatic carbocycles. The van der Waals surface area contributed by atoms with E-state index in [1.807, 2.05) is 0 Å². The molecule has 2 rings (SSSR count). The van der Waals surface area contributed by atoms with Gasteiger partial charge in [-0.15, -0.1) is 0 Å². The Morgan fingerprint density at radius 2 is 1.84 bits per heavy atom. The van der Waals surface area contributed by atoms with Crippen molar-refractivity contribution in [1.29, 1.82) is 0 Å². The van der Waals surface area contributed by atoms with Crippen LogP contribution in [-0.4, -0.2) is 20.7 Å². The molecule has 3 nitrogen and oxygen atoms in total. The first kappa shape index (κ1) is 14.2. The van der Waals surface area contributed by atoms with Crippen LogP contribution in [0.5, 0.6) is 0 Å². The van der Waals surface area contributed by atoms with E-state index in [0.29, 0.717) is 0 Å². The lowest BCUT2D eigenvalue weighted by atomic mass is 9.83. The molecule has 0 radical (unpaired) electrons. The molecule has 0 saturated heterocycles. The van der Waals surface area contributed by atoms with Gasteiger partial charge in [0.2, 0.25) is 9.84 Å². The van der Waals surface area contributed by atoms with E-state index in [1.54, 1.807) is 0 Å². The van der Waals surface area contributed by atoms with Crippen LogP contribution in [0, 0.1) is 5.92 Å². The molecule has 0 bridgehead atoms. The maximum absolute atomic E-state index is 12.3. The van der Waals surface area contributed by atoms with E-state index in [0.717, 1.165) is 24.6 Å². The minimum atomic E-state index is -4.48. The number of halogens is 2. The normalized spacial score (nSPS) is 16.4. The summed E-state index contributed by atoms with van der Waals surface area (Å²) < 4.78 is 47.1. The monoisotopic (exact) mass is 289 g/mol. The Labute approximate surface area is 111 Å². The van der Waals surface area contributed by atoms with Gasteiger partial charge in [0.15, 0.2) is 0 Å². The molecule has 106 valence electrons. The van der Waals surface area contributed by atoms with Gasteiger partial charge in [0.25, 0.3) is 0 Å². The summed E-state index contributed by atoms with van der Waals surface area (Å²) >= 11 is 0. The first-order valence-electron chi connectivity index (χ1n) is 6.36. The second-order valence-corrected chi connectivity index (χ2v) is 6.76. The van der Waals surface area contributed by atoms with Crippen molar-refractivity contribution < 1.29 is 17.2 Å². The van der Waals surface area contributed by atoms with Crippen LogP contribution in [0.2, 0.25) is 0 Å². The van der Waals surface area contributed by atoms with E-state index in [4.69, 9.17) is 0 Å². The highest BCUT2D eigenvalue weighted by Gasteiger charge is 2.26. The van der Waals surface area contributed by atoms with Crippen LogP contribution >= 0.6 is 0 Å². The Morgan fingerprint density at radius 1 is 1.21 bits per heavy atom. The predicted molar refractivity (Wildman–Crippen MR) is 70.1 cm³/mol. The number of nitrogens with one attached hydrogen (secondary N) is 1. The Morgan fingerprint density at radius 3 is 2.32 bits per heavy atom. The molecule has 1 N–H and O–H groups in total. The lowest BCUT2D eigenvalue weighted by Crippen LogP contribution is -2.15. The zero-order chi connectivity index (χ0) is 13.9. The van der Waals surface area contributed by atoms with Crippen LogP contribution < -0.4 is 5.32 Å². The molecule has 0 aliphatic heterocycles. The van der Waals surface area contributed by atoms with Crippen molar-refractivity contribution in [1.82, 2.24) is 0 Å². The molecular formula is C13H17F2NO2S. The van der Waals surface area contributed by atoms with Crippen molar-refractivity contribution in [3.8, 4) is 0 Å². The summed E-state index contributed by atoms with van der Waals surface area (Å²) in [7, 11) is -4.48. The fraction of sp³-hybridized carbons (Fsp3) is 0.538. The zero-order valence-corrected chi connectivity index (χ0v) is 11.3. The van der Waals surface area contributed by atoms with Gasteiger partial charge in [-0.25, -0.2) is 8.42 Å². The van der Waals surface area contributed by atoms with Crippen molar-refractivity contribution in [2.75, 3.05) is 11.9 Å². The summed E-state index contributed by atoms with van der Waals surface area (Å²) in [5.74, 6) is -2.57. The molecule has 0 spiro atoms. The molecule has 0 atom stereocenters. The maximum Gasteiger partial charge on any atom is 0.341 e. The van der Waals surface area contributed by atoms with E-state index < -0.39 is 15.6 Å². The average molecular weight is 289 g/mol. The van der Waals surface area contributed by atoms with E-state index in [9.17, 15) is 17.2 Å². The maximum atomic E-state index is 12.3. The quantitative estimate of drug-likeness (QED) is 0.874. The van der Waals surface area contributed by atoms with Gasteiger partial charge in [0.1, 0.15) is 0 Å². The van der Waals surface area contributed by atoms with E-state index in [1.165, 1.54) is 43.5 Å². The number of hydrogen-bond donors (Lipinski definition) is 1. The highest BCUT2D eigenvalue weighted by Crippen LogP contribution is 2.29. The number of anilines is 1. The fourth-order valence-electron chi connectivity index (χ4n) is 2.07. The van der Waals surface area contributed by atoms with Gasteiger partial charge in [-0.1, -0.05) is 19.3 Å². The number of hydrogen-bond acceptors (Lipinski definition) is 3. The highest BCUT2D eigenvalue weighted by atomic mass is 32.2. The first-order chi connectivity index (χ1) is 9.00. The second-order valence-electron chi connectivity index (χ2n) is 4.84. The summed E-state index contributed by atoms with van der Waals surface area (Å²) in [5, 5.41) is 3.17. The summed E-state index contributed by atoms with van der Waals surface area (Å²) in [4.78, 5) is -0.341. The van der Waals surface area contributed by atoms with Gasteiger partial charge < -0.3 is 5.32 Å². The van der Waals surface area contributed by atoms with Gasteiger partial charge in [-0.3, -0.25) is 0 Å². The molecule has 6 heteroatoms. The van der Waals surface area contributed by atoms with Crippen LogP contribution in [0.3, 0.4) is 0 Å². The molecule has 0 amide bonds. The smallest absolute Gasteiger partial charge is 0.341 e. The van der Waals surface area contributed by atoms with Crippen LogP contribution in [0.15, 0.2) is 29.2 Å². The summed E-state index contributed by atoms with van der Waals surface area (Å²) in [6.07, 6.45) is 4.97. The van der Waals surface area contributed by atoms with Crippen molar-refractivity contribution in [3.05, 3.63) is 24.3 Å². The van der Waals surface area contributed by atoms with Crippen molar-refractivity contribution in [2.24, 2.45) is 5.92 Å². The molecule has 0 unspecified atom stereocenters. The number of sulfone groups is 1. The Bertz CT molecular complexity index is 510. The SMILES string of the molecule is O=S(=O)(c1ccc(NCCC2CCC2)cc1)C(F)F. The molecule has 1 fully saturated rings. The molecule has 19 heavy (non-hydrogen) atoms. The number of rotatable bonds is 6. The Hall–Kier alpha value is -1.17. The third-order valence-electron chi connectivity index (χ3n) is 3.52. The minimum absolute atomic E-state index is 0.341. The molecular weight excluding hydrogens is 272 g/mol. The highest BCUT2D eigenvalue weighted by molar-refractivity contribution is 7.91. The molecule has 1 saturated carbocycles. The number of alkyl halides is 2. The van der Waals surface area contributed by atoms with Crippen LogP contribution in [0.4, 0.5) is 14.5 Å². The molecule has 0 aromatic heterocycles. The lowest BCUT2D eigenvalue weighted by molar-refractivity contribution is 0.234. The summed E-state index contributed by atoms with van der Waals surface area (Å²) in [6, 6.07) is 5.48. The molecule has 0 heterocycles. The largest absolute Gasteiger partial charge is 0.385 e. The number of benzene rings is 1.